The molecule has 0 saturated carbocycles. The predicted octanol–water partition coefficient (Wildman–Crippen LogP) is -0.905. The number of rotatable bonds is 5. The van der Waals surface area contributed by atoms with Gasteiger partial charge in [0.1, 0.15) is 0 Å². The van der Waals surface area contributed by atoms with Gasteiger partial charge in [0.2, 0.25) is 17.7 Å². The summed E-state index contributed by atoms with van der Waals surface area (Å²) in [5, 5.41) is 16.7. The fourth-order valence-corrected chi connectivity index (χ4v) is 2.63. The van der Waals surface area contributed by atoms with Gasteiger partial charge in [0, 0.05) is 24.8 Å². The molecule has 1 aromatic rings. The molecule has 1 atom stereocenters. The molecule has 11 heteroatoms. The molecular weight excluding hydrogens is 396 g/mol. The van der Waals surface area contributed by atoms with Crippen LogP contribution in [0.15, 0.2) is 24.3 Å². The van der Waals surface area contributed by atoms with Gasteiger partial charge < -0.3 is 26.6 Å². The zero-order chi connectivity index (χ0) is 21.2. The van der Waals surface area contributed by atoms with Gasteiger partial charge in [0.05, 0.1) is 25.7 Å². The van der Waals surface area contributed by atoms with E-state index in [1.807, 2.05) is 0 Å². The summed E-state index contributed by atoms with van der Waals surface area (Å²) in [4.78, 5) is 47.5. The summed E-state index contributed by atoms with van der Waals surface area (Å²) < 4.78 is 0. The van der Waals surface area contributed by atoms with Crippen LogP contribution in [0.4, 0.5) is 11.4 Å². The van der Waals surface area contributed by atoms with Gasteiger partial charge in [-0.2, -0.15) is 0 Å². The summed E-state index contributed by atoms with van der Waals surface area (Å²) in [6.07, 6.45) is 0.345. The van der Waals surface area contributed by atoms with Crippen molar-refractivity contribution < 1.29 is 19.2 Å². The number of benzene rings is 1. The van der Waals surface area contributed by atoms with E-state index in [0.717, 1.165) is 5.69 Å². The van der Waals surface area contributed by atoms with Gasteiger partial charge in [-0.3, -0.25) is 24.5 Å². The standard InChI is InChI=1S/C18H24N6O4S/c1-19-18(29)24-12-4-2-11(3-5-12)23-16(27)10-22-17(28)14-6-7-15(26)21-9-13(25)8-20-14/h2-5,14,20H,6-10H2,1H3,(H,21,26)(H,22,28)(H,23,27)(H2,19,24,29). The highest BCUT2D eigenvalue weighted by Crippen LogP contribution is 2.13. The van der Waals surface area contributed by atoms with Crippen LogP contribution in [0.3, 0.4) is 0 Å². The lowest BCUT2D eigenvalue weighted by molar-refractivity contribution is -0.126. The minimum absolute atomic E-state index is 0.0259. The summed E-state index contributed by atoms with van der Waals surface area (Å²) in [6, 6.07) is 6.18. The van der Waals surface area contributed by atoms with Crippen molar-refractivity contribution in [2.75, 3.05) is 37.3 Å². The Hall–Kier alpha value is -3.05. The number of carbonyl (C=O) groups excluding carboxylic acids is 4. The molecule has 1 saturated heterocycles. The average Bonchev–Trinajstić information content (AvgIpc) is 2.79. The van der Waals surface area contributed by atoms with E-state index in [4.69, 9.17) is 12.2 Å². The summed E-state index contributed by atoms with van der Waals surface area (Å²) in [5.41, 5.74) is 1.33. The van der Waals surface area contributed by atoms with Crippen molar-refractivity contribution >= 4 is 52.2 Å². The van der Waals surface area contributed by atoms with E-state index >= 15 is 0 Å². The second-order valence-electron chi connectivity index (χ2n) is 6.34. The lowest BCUT2D eigenvalue weighted by Crippen LogP contribution is -2.47. The Morgan fingerprint density at radius 3 is 2.41 bits per heavy atom. The van der Waals surface area contributed by atoms with Crippen molar-refractivity contribution in [1.82, 2.24) is 21.3 Å². The van der Waals surface area contributed by atoms with Crippen molar-refractivity contribution in [3.8, 4) is 0 Å². The van der Waals surface area contributed by atoms with E-state index in [0.29, 0.717) is 10.8 Å². The zero-order valence-electron chi connectivity index (χ0n) is 16.0. The third-order valence-electron chi connectivity index (χ3n) is 4.08. The molecule has 1 aliphatic rings. The molecule has 1 fully saturated rings. The number of ketones is 1. The zero-order valence-corrected chi connectivity index (χ0v) is 16.8. The van der Waals surface area contributed by atoms with E-state index in [1.165, 1.54) is 0 Å². The molecular formula is C18H24N6O4S. The van der Waals surface area contributed by atoms with E-state index in [2.05, 4.69) is 31.9 Å². The fraction of sp³-hybridized carbons (Fsp3) is 0.389. The maximum atomic E-state index is 12.3. The van der Waals surface area contributed by atoms with Crippen LogP contribution in [0, 0.1) is 0 Å². The summed E-state index contributed by atoms with van der Waals surface area (Å²) in [6.45, 7) is -0.319. The number of nitrogens with one attached hydrogen (secondary N) is 6. The normalized spacial score (nSPS) is 17.1. The Morgan fingerprint density at radius 1 is 1.10 bits per heavy atom. The van der Waals surface area contributed by atoms with Crippen LogP contribution >= 0.6 is 12.2 Å². The molecule has 2 rings (SSSR count). The van der Waals surface area contributed by atoms with Crippen LogP contribution in [0.1, 0.15) is 12.8 Å². The van der Waals surface area contributed by atoms with Crippen molar-refractivity contribution in [3.63, 3.8) is 0 Å². The highest BCUT2D eigenvalue weighted by atomic mass is 32.1. The Balaban J connectivity index is 1.81. The molecule has 0 radical (unpaired) electrons. The van der Waals surface area contributed by atoms with Crippen molar-refractivity contribution in [1.29, 1.82) is 0 Å². The highest BCUT2D eigenvalue weighted by Gasteiger charge is 2.22. The summed E-state index contributed by atoms with van der Waals surface area (Å²) in [5.74, 6) is -1.35. The fourth-order valence-electron chi connectivity index (χ4n) is 2.51. The first kappa shape index (κ1) is 22.2. The van der Waals surface area contributed by atoms with E-state index in [1.54, 1.807) is 31.3 Å². The Labute approximate surface area is 173 Å². The third-order valence-corrected chi connectivity index (χ3v) is 4.39. The van der Waals surface area contributed by atoms with E-state index in [-0.39, 0.29) is 44.2 Å². The SMILES string of the molecule is CNC(=S)Nc1ccc(NC(=O)CNC(=O)C2CCC(=O)NCC(=O)CN2)cc1. The predicted molar refractivity (Wildman–Crippen MR) is 112 cm³/mol. The molecule has 0 bridgehead atoms. The van der Waals surface area contributed by atoms with Crippen LogP contribution in [-0.2, 0) is 19.2 Å². The molecule has 0 spiro atoms. The molecule has 10 nitrogen and oxygen atoms in total. The second kappa shape index (κ2) is 11.1. The number of hydrogen-bond donors (Lipinski definition) is 6. The van der Waals surface area contributed by atoms with Crippen LogP contribution in [0.2, 0.25) is 0 Å². The van der Waals surface area contributed by atoms with Crippen LogP contribution in [0.25, 0.3) is 0 Å². The number of anilines is 2. The quantitative estimate of drug-likeness (QED) is 0.337. The van der Waals surface area contributed by atoms with Crippen molar-refractivity contribution in [3.05, 3.63) is 24.3 Å². The average molecular weight is 420 g/mol. The summed E-state index contributed by atoms with van der Waals surface area (Å²) >= 11 is 5.01. The van der Waals surface area contributed by atoms with Crippen LogP contribution in [-0.4, -0.2) is 61.3 Å². The molecule has 29 heavy (non-hydrogen) atoms. The van der Waals surface area contributed by atoms with E-state index in [9.17, 15) is 19.2 Å². The molecule has 6 N–H and O–H groups in total. The smallest absolute Gasteiger partial charge is 0.243 e. The molecule has 156 valence electrons. The maximum absolute atomic E-state index is 12.3. The lowest BCUT2D eigenvalue weighted by atomic mass is 10.1. The van der Waals surface area contributed by atoms with Gasteiger partial charge in [0.15, 0.2) is 10.9 Å². The largest absolute Gasteiger partial charge is 0.366 e. The maximum Gasteiger partial charge on any atom is 0.243 e. The van der Waals surface area contributed by atoms with Crippen LogP contribution in [0.5, 0.6) is 0 Å². The first-order chi connectivity index (χ1) is 13.9. The Morgan fingerprint density at radius 2 is 1.76 bits per heavy atom. The molecule has 1 aromatic carbocycles. The van der Waals surface area contributed by atoms with Gasteiger partial charge in [-0.05, 0) is 42.9 Å². The molecule has 0 aliphatic carbocycles. The molecule has 1 heterocycles. The van der Waals surface area contributed by atoms with Crippen molar-refractivity contribution in [2.24, 2.45) is 0 Å². The van der Waals surface area contributed by atoms with Gasteiger partial charge in [-0.15, -0.1) is 0 Å². The highest BCUT2D eigenvalue weighted by molar-refractivity contribution is 7.80. The van der Waals surface area contributed by atoms with Gasteiger partial charge in [0.25, 0.3) is 0 Å². The molecule has 1 aliphatic heterocycles. The number of amides is 3. The number of carbonyl (C=O) groups is 4. The Kier molecular flexibility index (Phi) is 8.49. The molecule has 3 amide bonds. The van der Waals surface area contributed by atoms with E-state index < -0.39 is 17.9 Å². The number of thiocarbonyl (C=S) groups is 1. The van der Waals surface area contributed by atoms with Gasteiger partial charge in [-0.25, -0.2) is 0 Å². The summed E-state index contributed by atoms with van der Waals surface area (Å²) in [7, 11) is 1.71. The minimum atomic E-state index is -0.725. The van der Waals surface area contributed by atoms with Gasteiger partial charge >= 0.3 is 0 Å². The monoisotopic (exact) mass is 420 g/mol. The van der Waals surface area contributed by atoms with Crippen molar-refractivity contribution in [2.45, 2.75) is 18.9 Å². The molecule has 0 aromatic heterocycles. The lowest BCUT2D eigenvalue weighted by Gasteiger charge is -2.16. The first-order valence-electron chi connectivity index (χ1n) is 9.05. The minimum Gasteiger partial charge on any atom is -0.366 e. The van der Waals surface area contributed by atoms with Crippen LogP contribution < -0.4 is 31.9 Å². The molecule has 1 unspecified atom stereocenters. The first-order valence-corrected chi connectivity index (χ1v) is 9.46. The second-order valence-corrected chi connectivity index (χ2v) is 6.74. The number of Topliss-reactive ketones (excluding diaryl/α,β-unsaturated/α-hetero) is 1. The topological polar surface area (TPSA) is 140 Å². The number of hydrogen-bond acceptors (Lipinski definition) is 6. The third kappa shape index (κ3) is 7.84. The van der Waals surface area contributed by atoms with Gasteiger partial charge in [-0.1, -0.05) is 0 Å². The Bertz CT molecular complexity index is 763.